The van der Waals surface area contributed by atoms with Crippen molar-refractivity contribution in [3.8, 4) is 6.07 Å². The number of nitrogens with one attached hydrogen (secondary N) is 1. The molecule has 1 amide bonds. The van der Waals surface area contributed by atoms with Gasteiger partial charge in [0.05, 0.1) is 13.2 Å². The van der Waals surface area contributed by atoms with Crippen molar-refractivity contribution in [2.75, 3.05) is 51.0 Å². The first-order chi connectivity index (χ1) is 12.2. The lowest BCUT2D eigenvalue weighted by Crippen LogP contribution is -2.36. The SMILES string of the molecule is CCOCCCNC(=O)/C(C#N)=C/c1ccc(N2CCOCC2)cc1. The van der Waals surface area contributed by atoms with Crippen molar-refractivity contribution in [2.45, 2.75) is 13.3 Å². The maximum Gasteiger partial charge on any atom is 0.261 e. The summed E-state index contributed by atoms with van der Waals surface area (Å²) in [5.41, 5.74) is 2.06. The second kappa shape index (κ2) is 10.5. The van der Waals surface area contributed by atoms with Gasteiger partial charge in [-0.3, -0.25) is 4.79 Å². The van der Waals surface area contributed by atoms with E-state index in [1.165, 1.54) is 0 Å². The molecule has 1 fully saturated rings. The summed E-state index contributed by atoms with van der Waals surface area (Å²) in [4.78, 5) is 14.3. The van der Waals surface area contributed by atoms with Crippen LogP contribution in [-0.4, -0.2) is 52.0 Å². The summed E-state index contributed by atoms with van der Waals surface area (Å²) in [6.45, 7) is 6.93. The van der Waals surface area contributed by atoms with Crippen LogP contribution in [0, 0.1) is 11.3 Å². The van der Waals surface area contributed by atoms with E-state index in [-0.39, 0.29) is 11.5 Å². The van der Waals surface area contributed by atoms with Gasteiger partial charge in [-0.1, -0.05) is 12.1 Å². The molecule has 1 aliphatic heterocycles. The average molecular weight is 343 g/mol. The fourth-order valence-electron chi connectivity index (χ4n) is 2.53. The van der Waals surface area contributed by atoms with E-state index in [1.54, 1.807) is 6.08 Å². The van der Waals surface area contributed by atoms with Crippen LogP contribution in [-0.2, 0) is 14.3 Å². The minimum absolute atomic E-state index is 0.107. The minimum Gasteiger partial charge on any atom is -0.382 e. The number of carbonyl (C=O) groups is 1. The van der Waals surface area contributed by atoms with Gasteiger partial charge >= 0.3 is 0 Å². The number of amides is 1. The highest BCUT2D eigenvalue weighted by Gasteiger charge is 2.11. The molecule has 6 heteroatoms. The van der Waals surface area contributed by atoms with Gasteiger partial charge in [-0.05, 0) is 37.1 Å². The van der Waals surface area contributed by atoms with E-state index in [0.29, 0.717) is 19.8 Å². The predicted molar refractivity (Wildman–Crippen MR) is 97.2 cm³/mol. The fraction of sp³-hybridized carbons (Fsp3) is 0.474. The molecule has 1 aliphatic rings. The highest BCUT2D eigenvalue weighted by Crippen LogP contribution is 2.18. The van der Waals surface area contributed by atoms with Crippen LogP contribution in [0.25, 0.3) is 6.08 Å². The van der Waals surface area contributed by atoms with Crippen molar-refractivity contribution in [2.24, 2.45) is 0 Å². The Morgan fingerprint density at radius 3 is 2.72 bits per heavy atom. The molecule has 0 saturated carbocycles. The summed E-state index contributed by atoms with van der Waals surface area (Å²) in [6, 6.07) is 9.83. The normalized spacial score (nSPS) is 14.9. The van der Waals surface area contributed by atoms with Crippen LogP contribution in [0.15, 0.2) is 29.8 Å². The van der Waals surface area contributed by atoms with Gasteiger partial charge in [-0.25, -0.2) is 0 Å². The third-order valence-corrected chi connectivity index (χ3v) is 3.90. The largest absolute Gasteiger partial charge is 0.382 e. The molecule has 25 heavy (non-hydrogen) atoms. The molecule has 6 nitrogen and oxygen atoms in total. The van der Waals surface area contributed by atoms with Gasteiger partial charge in [-0.15, -0.1) is 0 Å². The van der Waals surface area contributed by atoms with E-state index in [4.69, 9.17) is 9.47 Å². The molecule has 1 aromatic rings. The molecule has 1 aromatic carbocycles. The number of carbonyl (C=O) groups excluding carboxylic acids is 1. The van der Waals surface area contributed by atoms with Gasteiger partial charge in [0.1, 0.15) is 11.6 Å². The highest BCUT2D eigenvalue weighted by atomic mass is 16.5. The standard InChI is InChI=1S/C19H25N3O3/c1-2-24-11-3-8-21-19(23)17(15-20)14-16-4-6-18(7-5-16)22-9-12-25-13-10-22/h4-7,14H,2-3,8-13H2,1H3,(H,21,23)/b17-14+. The third-order valence-electron chi connectivity index (χ3n) is 3.90. The number of ether oxygens (including phenoxy) is 2. The van der Waals surface area contributed by atoms with Crippen molar-refractivity contribution in [1.29, 1.82) is 5.26 Å². The molecular formula is C19H25N3O3. The van der Waals surface area contributed by atoms with Crippen LogP contribution >= 0.6 is 0 Å². The summed E-state index contributed by atoms with van der Waals surface area (Å²) in [6.07, 6.45) is 2.34. The Labute approximate surface area is 149 Å². The lowest BCUT2D eigenvalue weighted by Gasteiger charge is -2.28. The first kappa shape index (κ1) is 19.0. The van der Waals surface area contributed by atoms with E-state index >= 15 is 0 Å². The minimum atomic E-state index is -0.351. The lowest BCUT2D eigenvalue weighted by molar-refractivity contribution is -0.117. The van der Waals surface area contributed by atoms with Crippen molar-refractivity contribution in [3.63, 3.8) is 0 Å². The van der Waals surface area contributed by atoms with E-state index in [1.807, 2.05) is 37.3 Å². The molecule has 134 valence electrons. The van der Waals surface area contributed by atoms with E-state index in [2.05, 4.69) is 10.2 Å². The first-order valence-corrected chi connectivity index (χ1v) is 8.65. The quantitative estimate of drug-likeness (QED) is 0.444. The van der Waals surface area contributed by atoms with Gasteiger partial charge in [0.2, 0.25) is 0 Å². The maximum absolute atomic E-state index is 12.1. The number of rotatable bonds is 8. The van der Waals surface area contributed by atoms with Crippen molar-refractivity contribution in [3.05, 3.63) is 35.4 Å². The van der Waals surface area contributed by atoms with Crippen molar-refractivity contribution < 1.29 is 14.3 Å². The summed E-state index contributed by atoms with van der Waals surface area (Å²) in [5, 5.41) is 12.0. The molecular weight excluding hydrogens is 318 g/mol. The van der Waals surface area contributed by atoms with Crippen LogP contribution in [0.1, 0.15) is 18.9 Å². The van der Waals surface area contributed by atoms with Crippen LogP contribution in [0.4, 0.5) is 5.69 Å². The zero-order valence-corrected chi connectivity index (χ0v) is 14.7. The van der Waals surface area contributed by atoms with E-state index < -0.39 is 0 Å². The molecule has 1 heterocycles. The molecule has 1 N–H and O–H groups in total. The molecule has 0 bridgehead atoms. The number of anilines is 1. The molecule has 0 spiro atoms. The van der Waals surface area contributed by atoms with Crippen LogP contribution in [0.5, 0.6) is 0 Å². The number of hydrogen-bond donors (Lipinski definition) is 1. The van der Waals surface area contributed by atoms with E-state index in [0.717, 1.165) is 44.0 Å². The Morgan fingerprint density at radius 2 is 2.08 bits per heavy atom. The van der Waals surface area contributed by atoms with Gasteiger partial charge in [0.25, 0.3) is 5.91 Å². The monoisotopic (exact) mass is 343 g/mol. The molecule has 0 radical (unpaired) electrons. The van der Waals surface area contributed by atoms with Crippen molar-refractivity contribution >= 4 is 17.7 Å². The predicted octanol–water partition coefficient (Wildman–Crippen LogP) is 1.97. The van der Waals surface area contributed by atoms with Crippen LogP contribution in [0.3, 0.4) is 0 Å². The van der Waals surface area contributed by atoms with Crippen LogP contribution in [0.2, 0.25) is 0 Å². The smallest absolute Gasteiger partial charge is 0.261 e. The highest BCUT2D eigenvalue weighted by molar-refractivity contribution is 6.01. The maximum atomic E-state index is 12.1. The number of benzene rings is 1. The second-order valence-electron chi connectivity index (χ2n) is 5.67. The van der Waals surface area contributed by atoms with Gasteiger partial charge in [0, 0.05) is 38.5 Å². The second-order valence-corrected chi connectivity index (χ2v) is 5.67. The molecule has 0 atom stereocenters. The Balaban J connectivity index is 1.91. The third kappa shape index (κ3) is 6.22. The molecule has 0 aromatic heterocycles. The number of hydrogen-bond acceptors (Lipinski definition) is 5. The Morgan fingerprint density at radius 1 is 1.36 bits per heavy atom. The Hall–Kier alpha value is -2.36. The van der Waals surface area contributed by atoms with Crippen LogP contribution < -0.4 is 10.2 Å². The van der Waals surface area contributed by atoms with Gasteiger partial charge in [-0.2, -0.15) is 5.26 Å². The Bertz CT molecular complexity index is 614. The zero-order chi connectivity index (χ0) is 17.9. The lowest BCUT2D eigenvalue weighted by atomic mass is 10.1. The summed E-state index contributed by atoms with van der Waals surface area (Å²) >= 11 is 0. The number of nitriles is 1. The summed E-state index contributed by atoms with van der Waals surface area (Å²) < 4.78 is 10.6. The van der Waals surface area contributed by atoms with Gasteiger partial charge in [0.15, 0.2) is 0 Å². The molecule has 2 rings (SSSR count). The van der Waals surface area contributed by atoms with Crippen molar-refractivity contribution in [1.82, 2.24) is 5.32 Å². The molecule has 0 aliphatic carbocycles. The molecule has 1 saturated heterocycles. The summed E-state index contributed by atoms with van der Waals surface area (Å²) in [7, 11) is 0. The average Bonchev–Trinajstić information content (AvgIpc) is 2.67. The Kier molecular flexibility index (Phi) is 7.96. The van der Waals surface area contributed by atoms with E-state index in [9.17, 15) is 10.1 Å². The zero-order valence-electron chi connectivity index (χ0n) is 14.7. The first-order valence-electron chi connectivity index (χ1n) is 8.65. The topological polar surface area (TPSA) is 74.6 Å². The number of nitrogens with zero attached hydrogens (tertiary/aromatic N) is 2. The fourth-order valence-corrected chi connectivity index (χ4v) is 2.53. The summed E-state index contributed by atoms with van der Waals surface area (Å²) in [5.74, 6) is -0.351. The molecule has 0 unspecified atom stereocenters. The van der Waals surface area contributed by atoms with Gasteiger partial charge < -0.3 is 19.7 Å². The number of morpholine rings is 1.